The van der Waals surface area contributed by atoms with Gasteiger partial charge in [0.05, 0.1) is 29.9 Å². The minimum absolute atomic E-state index is 0.0772. The van der Waals surface area contributed by atoms with Gasteiger partial charge in [-0.15, -0.1) is 11.3 Å². The second-order valence-electron chi connectivity index (χ2n) is 6.58. The number of aliphatic carboxylic acids is 1. The summed E-state index contributed by atoms with van der Waals surface area (Å²) in [5.41, 5.74) is 0.985. The minimum atomic E-state index is -0.867. The molecule has 2 N–H and O–H groups in total. The number of nitrogens with one attached hydrogen (secondary N) is 1. The second-order valence-corrected chi connectivity index (χ2v) is 7.44. The molecule has 3 heterocycles. The molecular weight excluding hydrogens is 370 g/mol. The van der Waals surface area contributed by atoms with Crippen molar-refractivity contribution in [1.29, 1.82) is 0 Å². The summed E-state index contributed by atoms with van der Waals surface area (Å²) in [5, 5.41) is 14.1. The molecule has 9 heteroatoms. The number of aryl methyl sites for hydroxylation is 1. The topological polar surface area (TPSA) is 113 Å². The molecule has 0 spiro atoms. The molecule has 1 aliphatic heterocycles. The molecule has 27 heavy (non-hydrogen) atoms. The number of likely N-dealkylation sites (tertiary alicyclic amines) is 1. The van der Waals surface area contributed by atoms with Crippen molar-refractivity contribution < 1.29 is 23.9 Å². The summed E-state index contributed by atoms with van der Waals surface area (Å²) in [7, 11) is 0. The quantitative estimate of drug-likeness (QED) is 0.810. The van der Waals surface area contributed by atoms with E-state index in [1.165, 1.54) is 17.6 Å². The van der Waals surface area contributed by atoms with Crippen LogP contribution < -0.4 is 5.32 Å². The van der Waals surface area contributed by atoms with E-state index in [1.54, 1.807) is 30.2 Å². The lowest BCUT2D eigenvalue weighted by Crippen LogP contribution is -2.49. The van der Waals surface area contributed by atoms with Crippen LogP contribution in [0.4, 0.5) is 5.13 Å². The average molecular weight is 391 g/mol. The van der Waals surface area contributed by atoms with Gasteiger partial charge in [0.25, 0.3) is 5.91 Å². The molecule has 2 atom stereocenters. The minimum Gasteiger partial charge on any atom is -0.481 e. The van der Waals surface area contributed by atoms with E-state index in [0.29, 0.717) is 41.5 Å². The van der Waals surface area contributed by atoms with Crippen molar-refractivity contribution in [2.75, 3.05) is 11.9 Å². The van der Waals surface area contributed by atoms with Gasteiger partial charge in [0.2, 0.25) is 5.91 Å². The molecule has 1 aliphatic rings. The number of aromatic nitrogens is 1. The highest BCUT2D eigenvalue weighted by Gasteiger charge is 2.35. The van der Waals surface area contributed by atoms with E-state index in [-0.39, 0.29) is 24.3 Å². The largest absolute Gasteiger partial charge is 0.481 e. The Kier molecular flexibility index (Phi) is 5.59. The highest BCUT2D eigenvalue weighted by atomic mass is 32.1. The first kappa shape index (κ1) is 19.1. The van der Waals surface area contributed by atoms with Crippen LogP contribution in [0.2, 0.25) is 0 Å². The molecule has 0 unspecified atom stereocenters. The van der Waals surface area contributed by atoms with Crippen LogP contribution in [0.1, 0.15) is 41.6 Å². The van der Waals surface area contributed by atoms with Gasteiger partial charge in [-0.25, -0.2) is 4.98 Å². The number of carbonyl (C=O) groups is 3. The summed E-state index contributed by atoms with van der Waals surface area (Å²) in [6.45, 7) is 4.03. The third kappa shape index (κ3) is 4.19. The third-order valence-corrected chi connectivity index (χ3v) is 5.64. The number of rotatable bonds is 5. The first-order valence-corrected chi connectivity index (χ1v) is 9.57. The molecular formula is C18H21N3O5S. The van der Waals surface area contributed by atoms with Gasteiger partial charge in [-0.1, -0.05) is 0 Å². The highest BCUT2D eigenvalue weighted by Crippen LogP contribution is 2.25. The van der Waals surface area contributed by atoms with Gasteiger partial charge in [0.15, 0.2) is 5.13 Å². The molecule has 2 aromatic rings. The maximum Gasteiger partial charge on any atom is 0.308 e. The Labute approximate surface area is 160 Å². The van der Waals surface area contributed by atoms with Crippen LogP contribution >= 0.6 is 11.3 Å². The van der Waals surface area contributed by atoms with E-state index < -0.39 is 11.9 Å². The van der Waals surface area contributed by atoms with Gasteiger partial charge >= 0.3 is 5.97 Å². The predicted molar refractivity (Wildman–Crippen MR) is 98.8 cm³/mol. The average Bonchev–Trinajstić information content (AvgIpc) is 3.23. The highest BCUT2D eigenvalue weighted by molar-refractivity contribution is 7.14. The smallest absolute Gasteiger partial charge is 0.308 e. The Morgan fingerprint density at radius 2 is 2.22 bits per heavy atom. The first-order chi connectivity index (χ1) is 12.9. The molecule has 2 aromatic heterocycles. The Bertz CT molecular complexity index is 859. The Hall–Kier alpha value is -2.68. The number of hydrogen-bond acceptors (Lipinski definition) is 6. The summed E-state index contributed by atoms with van der Waals surface area (Å²) < 4.78 is 5.11. The van der Waals surface area contributed by atoms with Crippen molar-refractivity contribution in [2.45, 2.75) is 39.2 Å². The van der Waals surface area contributed by atoms with Crippen LogP contribution in [-0.4, -0.2) is 45.4 Å². The van der Waals surface area contributed by atoms with E-state index >= 15 is 0 Å². The fourth-order valence-corrected chi connectivity index (χ4v) is 4.02. The number of amides is 2. The number of carboxylic acids is 1. The van der Waals surface area contributed by atoms with Gasteiger partial charge in [-0.3, -0.25) is 19.7 Å². The maximum absolute atomic E-state index is 12.6. The molecule has 1 fully saturated rings. The fourth-order valence-electron chi connectivity index (χ4n) is 3.31. The fraction of sp³-hybridized carbons (Fsp3) is 0.444. The standard InChI is InChI=1S/C18H21N3O5S/c1-10-13(17(24)25)4-3-6-21(10)15(22)8-12-9-27-18(19-12)20-16(23)14-5-7-26-11(14)2/h5,7,9-10,13H,3-4,6,8H2,1-2H3,(H,24,25)(H,19,20,23)/t10-,13-/m1/s1. The molecule has 0 aromatic carbocycles. The maximum atomic E-state index is 12.6. The summed E-state index contributed by atoms with van der Waals surface area (Å²) in [5.74, 6) is -1.35. The number of anilines is 1. The summed E-state index contributed by atoms with van der Waals surface area (Å²) in [6.07, 6.45) is 2.78. The number of piperidine rings is 1. The van der Waals surface area contributed by atoms with Crippen molar-refractivity contribution in [3.63, 3.8) is 0 Å². The zero-order valence-electron chi connectivity index (χ0n) is 15.1. The second kappa shape index (κ2) is 7.91. The number of carbonyl (C=O) groups excluding carboxylic acids is 2. The molecule has 0 bridgehead atoms. The molecule has 2 amide bonds. The summed E-state index contributed by atoms with van der Waals surface area (Å²) >= 11 is 1.24. The van der Waals surface area contributed by atoms with E-state index in [0.717, 1.165) is 0 Å². The van der Waals surface area contributed by atoms with Gasteiger partial charge in [0.1, 0.15) is 5.76 Å². The number of nitrogens with zero attached hydrogens (tertiary/aromatic N) is 2. The van der Waals surface area contributed by atoms with Crippen molar-refractivity contribution in [2.24, 2.45) is 5.92 Å². The van der Waals surface area contributed by atoms with Crippen LogP contribution in [0.25, 0.3) is 0 Å². The Morgan fingerprint density at radius 3 is 2.89 bits per heavy atom. The van der Waals surface area contributed by atoms with E-state index in [2.05, 4.69) is 10.3 Å². The van der Waals surface area contributed by atoms with E-state index in [1.807, 2.05) is 0 Å². The van der Waals surface area contributed by atoms with Crippen LogP contribution in [0.5, 0.6) is 0 Å². The van der Waals surface area contributed by atoms with Crippen LogP contribution in [0.15, 0.2) is 22.1 Å². The molecule has 3 rings (SSSR count). The molecule has 0 radical (unpaired) electrons. The van der Waals surface area contributed by atoms with Gasteiger partial charge < -0.3 is 14.4 Å². The lowest BCUT2D eigenvalue weighted by atomic mass is 9.90. The van der Waals surface area contributed by atoms with Crippen LogP contribution in [0.3, 0.4) is 0 Å². The Balaban J connectivity index is 1.62. The molecule has 1 saturated heterocycles. The number of furan rings is 1. The third-order valence-electron chi connectivity index (χ3n) is 4.83. The summed E-state index contributed by atoms with van der Waals surface area (Å²) in [6, 6.07) is 1.24. The van der Waals surface area contributed by atoms with Crippen molar-refractivity contribution in [3.8, 4) is 0 Å². The SMILES string of the molecule is Cc1occc1C(=O)Nc1nc(CC(=O)N2CCC[C@@H](C(=O)O)[C@H]2C)cs1. The first-order valence-electron chi connectivity index (χ1n) is 8.69. The van der Waals surface area contributed by atoms with Crippen LogP contribution in [0, 0.1) is 12.8 Å². The number of carboxylic acid groups (broad SMARTS) is 1. The monoisotopic (exact) mass is 391 g/mol. The molecule has 144 valence electrons. The lowest BCUT2D eigenvalue weighted by molar-refractivity contribution is -0.148. The zero-order chi connectivity index (χ0) is 19.6. The zero-order valence-corrected chi connectivity index (χ0v) is 15.9. The van der Waals surface area contributed by atoms with Gasteiger partial charge in [-0.05, 0) is 32.8 Å². The number of thiazole rings is 1. The van der Waals surface area contributed by atoms with Crippen molar-refractivity contribution in [3.05, 3.63) is 34.7 Å². The lowest BCUT2D eigenvalue weighted by Gasteiger charge is -2.37. The van der Waals surface area contributed by atoms with Crippen molar-refractivity contribution in [1.82, 2.24) is 9.88 Å². The summed E-state index contributed by atoms with van der Waals surface area (Å²) in [4.78, 5) is 42.0. The number of hydrogen-bond donors (Lipinski definition) is 2. The molecule has 0 aliphatic carbocycles. The normalized spacial score (nSPS) is 19.7. The van der Waals surface area contributed by atoms with E-state index in [9.17, 15) is 19.5 Å². The van der Waals surface area contributed by atoms with Crippen LogP contribution in [-0.2, 0) is 16.0 Å². The Morgan fingerprint density at radius 1 is 1.44 bits per heavy atom. The van der Waals surface area contributed by atoms with Crippen molar-refractivity contribution >= 4 is 34.3 Å². The molecule has 8 nitrogen and oxygen atoms in total. The van der Waals surface area contributed by atoms with Gasteiger partial charge in [0, 0.05) is 18.0 Å². The molecule has 0 saturated carbocycles. The predicted octanol–water partition coefficient (Wildman–Crippen LogP) is 2.55. The van der Waals surface area contributed by atoms with Gasteiger partial charge in [-0.2, -0.15) is 0 Å². The van der Waals surface area contributed by atoms with E-state index in [4.69, 9.17) is 4.42 Å².